The molecule has 0 saturated heterocycles. The zero-order valence-corrected chi connectivity index (χ0v) is 60.6. The van der Waals surface area contributed by atoms with Gasteiger partial charge >= 0.3 is 39.5 Å². The predicted molar refractivity (Wildman–Crippen MR) is 363 cm³/mol. The van der Waals surface area contributed by atoms with E-state index in [-0.39, 0.29) is 25.7 Å². The van der Waals surface area contributed by atoms with E-state index in [4.69, 9.17) is 37.0 Å². The first-order valence-corrected chi connectivity index (χ1v) is 39.7. The Balaban J connectivity index is 5.11. The van der Waals surface area contributed by atoms with Crippen molar-refractivity contribution in [2.24, 2.45) is 23.7 Å². The number of ether oxygens (including phenoxy) is 4. The first kappa shape index (κ1) is 88.1. The van der Waals surface area contributed by atoms with Crippen LogP contribution in [0.3, 0.4) is 0 Å². The highest BCUT2D eigenvalue weighted by Gasteiger charge is 2.30. The Hall–Kier alpha value is -1.94. The molecule has 0 amide bonds. The van der Waals surface area contributed by atoms with Gasteiger partial charge in [0.25, 0.3) is 0 Å². The van der Waals surface area contributed by atoms with E-state index in [0.717, 1.165) is 109 Å². The van der Waals surface area contributed by atoms with Crippen LogP contribution in [-0.4, -0.2) is 96.7 Å². The van der Waals surface area contributed by atoms with Crippen LogP contribution >= 0.6 is 15.6 Å². The third-order valence-electron chi connectivity index (χ3n) is 16.7. The molecular weight excluding hydrogens is 1190 g/mol. The van der Waals surface area contributed by atoms with Gasteiger partial charge in [-0.25, -0.2) is 9.13 Å². The summed E-state index contributed by atoms with van der Waals surface area (Å²) in [7, 11) is -9.90. The van der Waals surface area contributed by atoms with Crippen molar-refractivity contribution in [3.8, 4) is 0 Å². The van der Waals surface area contributed by atoms with E-state index in [1.165, 1.54) is 141 Å². The number of phosphoric ester groups is 2. The van der Waals surface area contributed by atoms with E-state index in [1.54, 1.807) is 0 Å². The minimum atomic E-state index is -4.95. The molecule has 6 atom stereocenters. The van der Waals surface area contributed by atoms with Crippen LogP contribution in [0.1, 0.15) is 351 Å². The van der Waals surface area contributed by atoms with E-state index in [2.05, 4.69) is 55.4 Å². The number of phosphoric acid groups is 2. The molecule has 3 N–H and O–H groups in total. The van der Waals surface area contributed by atoms with Crippen molar-refractivity contribution in [1.29, 1.82) is 0 Å². The molecule has 0 aromatic heterocycles. The number of unbranched alkanes of at least 4 members (excludes halogenated alkanes) is 33. The van der Waals surface area contributed by atoms with E-state index in [9.17, 15) is 43.2 Å². The molecule has 0 spiro atoms. The summed E-state index contributed by atoms with van der Waals surface area (Å²) < 4.78 is 68.1. The van der Waals surface area contributed by atoms with Crippen molar-refractivity contribution >= 4 is 39.5 Å². The van der Waals surface area contributed by atoms with Gasteiger partial charge in [-0.3, -0.25) is 37.3 Å². The number of aliphatic hydroxyl groups excluding tert-OH is 1. The predicted octanol–water partition coefficient (Wildman–Crippen LogP) is 20.1. The Morgan fingerprint density at radius 2 is 0.533 bits per heavy atom. The number of carbonyl (C=O) groups excluding carboxylic acids is 4. The molecular formula is C71H138O17P2. The summed E-state index contributed by atoms with van der Waals surface area (Å²) in [5.74, 6) is 0.788. The molecule has 0 fully saturated rings. The Morgan fingerprint density at radius 3 is 0.789 bits per heavy atom. The van der Waals surface area contributed by atoms with Crippen molar-refractivity contribution in [3.63, 3.8) is 0 Å². The molecule has 19 heteroatoms. The van der Waals surface area contributed by atoms with Crippen molar-refractivity contribution in [1.82, 2.24) is 0 Å². The van der Waals surface area contributed by atoms with Crippen molar-refractivity contribution in [2.75, 3.05) is 39.6 Å². The lowest BCUT2D eigenvalue weighted by atomic mass is 9.99. The Kier molecular flexibility index (Phi) is 59.4. The monoisotopic (exact) mass is 1320 g/mol. The maximum Gasteiger partial charge on any atom is 0.472 e. The quantitative estimate of drug-likeness (QED) is 0.0222. The normalized spacial score (nSPS) is 14.6. The summed E-state index contributed by atoms with van der Waals surface area (Å²) in [4.78, 5) is 72.4. The second-order valence-corrected chi connectivity index (χ2v) is 30.2. The molecule has 0 aromatic rings. The number of carbonyl (C=O) groups is 4. The molecule has 90 heavy (non-hydrogen) atoms. The highest BCUT2D eigenvalue weighted by molar-refractivity contribution is 7.47. The number of rotatable bonds is 68. The number of hydrogen-bond acceptors (Lipinski definition) is 15. The Bertz CT molecular complexity index is 1780. The standard InChI is InChI=1S/C71H138O17P2/c1-9-64(8)50-42-34-24-20-18-16-14-12-10-11-13-15-17-19-21-25-37-45-53-70(75)87-66(58-82-69(74)52-44-36-29-27-32-40-48-62(4)5)59-85-89(77,78)83-55-65(72)56-84-90(79,80)86-60-67(88-71(76)54-46-38-30-28-33-41-49-63(6)7)57-81-68(73)51-43-35-26-22-23-31-39-47-61(2)3/h61-67,72H,9-60H2,1-8H3,(H,77,78)(H,79,80)/t64?,65-,66+,67+/m0/s1. The summed E-state index contributed by atoms with van der Waals surface area (Å²) in [6, 6.07) is 0. The lowest BCUT2D eigenvalue weighted by Gasteiger charge is -2.21. The number of hydrogen-bond donors (Lipinski definition) is 3. The minimum Gasteiger partial charge on any atom is -0.462 e. The van der Waals surface area contributed by atoms with Crippen LogP contribution in [0.15, 0.2) is 0 Å². The fourth-order valence-corrected chi connectivity index (χ4v) is 12.2. The second kappa shape index (κ2) is 60.7. The molecule has 0 rings (SSSR count). The van der Waals surface area contributed by atoms with Gasteiger partial charge in [-0.2, -0.15) is 0 Å². The van der Waals surface area contributed by atoms with Gasteiger partial charge in [-0.05, 0) is 49.4 Å². The van der Waals surface area contributed by atoms with Crippen LogP contribution in [0.4, 0.5) is 0 Å². The smallest absolute Gasteiger partial charge is 0.462 e. The SMILES string of the molecule is CCC(C)CCCCCCCCCCCCCCCCCCCCC(=O)O[C@H](COC(=O)CCCCCCCCC(C)C)COP(=O)(O)OC[C@H](O)COP(=O)(O)OC[C@@H](COC(=O)CCCCCCCCCC(C)C)OC(=O)CCCCCCCCC(C)C. The molecule has 17 nitrogen and oxygen atoms in total. The molecule has 0 aliphatic heterocycles. The summed E-state index contributed by atoms with van der Waals surface area (Å²) >= 11 is 0. The second-order valence-electron chi connectivity index (χ2n) is 27.3. The van der Waals surface area contributed by atoms with Gasteiger partial charge in [0.15, 0.2) is 12.2 Å². The molecule has 0 heterocycles. The molecule has 0 aliphatic carbocycles. The summed E-state index contributed by atoms with van der Waals surface area (Å²) in [6.07, 6.45) is 43.7. The summed E-state index contributed by atoms with van der Waals surface area (Å²) in [6.45, 7) is 14.0. The maximum absolute atomic E-state index is 13.0. The highest BCUT2D eigenvalue weighted by Crippen LogP contribution is 2.45. The highest BCUT2D eigenvalue weighted by atomic mass is 31.2. The largest absolute Gasteiger partial charge is 0.472 e. The van der Waals surface area contributed by atoms with Crippen molar-refractivity contribution in [2.45, 2.75) is 369 Å². The van der Waals surface area contributed by atoms with Crippen LogP contribution in [-0.2, 0) is 65.4 Å². The molecule has 0 radical (unpaired) electrons. The summed E-state index contributed by atoms with van der Waals surface area (Å²) in [5, 5.41) is 10.6. The average Bonchev–Trinajstić information content (AvgIpc) is 3.71. The lowest BCUT2D eigenvalue weighted by Crippen LogP contribution is -2.30. The molecule has 0 saturated carbocycles. The van der Waals surface area contributed by atoms with E-state index >= 15 is 0 Å². The number of aliphatic hydroxyl groups is 1. The van der Waals surface area contributed by atoms with Crippen LogP contribution in [0.25, 0.3) is 0 Å². The Labute approximate surface area is 549 Å². The zero-order chi connectivity index (χ0) is 66.8. The first-order chi connectivity index (χ1) is 43.1. The fourth-order valence-electron chi connectivity index (χ4n) is 10.6. The van der Waals surface area contributed by atoms with Crippen LogP contribution in [0.5, 0.6) is 0 Å². The van der Waals surface area contributed by atoms with Gasteiger partial charge in [-0.15, -0.1) is 0 Å². The van der Waals surface area contributed by atoms with Gasteiger partial charge in [0, 0.05) is 25.7 Å². The zero-order valence-electron chi connectivity index (χ0n) is 58.8. The van der Waals surface area contributed by atoms with Gasteiger partial charge in [0.1, 0.15) is 19.3 Å². The van der Waals surface area contributed by atoms with Crippen molar-refractivity contribution in [3.05, 3.63) is 0 Å². The van der Waals surface area contributed by atoms with Gasteiger partial charge < -0.3 is 33.8 Å². The molecule has 0 bridgehead atoms. The maximum atomic E-state index is 13.0. The van der Waals surface area contributed by atoms with Crippen LogP contribution in [0, 0.1) is 23.7 Å². The third-order valence-corrected chi connectivity index (χ3v) is 18.6. The van der Waals surface area contributed by atoms with Gasteiger partial charge in [-0.1, -0.05) is 299 Å². The fraction of sp³-hybridized carbons (Fsp3) is 0.944. The molecule has 3 unspecified atom stereocenters. The molecule has 0 aliphatic rings. The van der Waals surface area contributed by atoms with Crippen LogP contribution < -0.4 is 0 Å². The van der Waals surface area contributed by atoms with Crippen LogP contribution in [0.2, 0.25) is 0 Å². The van der Waals surface area contributed by atoms with Crippen molar-refractivity contribution < 1.29 is 80.2 Å². The van der Waals surface area contributed by atoms with E-state index in [0.29, 0.717) is 43.4 Å². The third kappa shape index (κ3) is 63.5. The number of esters is 4. The van der Waals surface area contributed by atoms with Gasteiger partial charge in [0.05, 0.1) is 26.4 Å². The Morgan fingerprint density at radius 1 is 0.311 bits per heavy atom. The molecule has 534 valence electrons. The topological polar surface area (TPSA) is 237 Å². The lowest BCUT2D eigenvalue weighted by molar-refractivity contribution is -0.161. The van der Waals surface area contributed by atoms with E-state index < -0.39 is 97.5 Å². The van der Waals surface area contributed by atoms with E-state index in [1.807, 2.05) is 0 Å². The van der Waals surface area contributed by atoms with Gasteiger partial charge in [0.2, 0.25) is 0 Å². The average molecular weight is 1330 g/mol. The summed E-state index contributed by atoms with van der Waals surface area (Å²) in [5.41, 5.74) is 0. The first-order valence-electron chi connectivity index (χ1n) is 36.7. The molecule has 0 aromatic carbocycles. The minimum absolute atomic E-state index is 0.101.